The lowest BCUT2D eigenvalue weighted by Gasteiger charge is -2.34. The second kappa shape index (κ2) is 5.69. The van der Waals surface area contributed by atoms with Crippen LogP contribution in [0.2, 0.25) is 0 Å². The highest BCUT2D eigenvalue weighted by atomic mass is 32.2. The molecule has 0 atom stereocenters. The van der Waals surface area contributed by atoms with Crippen molar-refractivity contribution in [2.45, 2.75) is 25.2 Å². The molecule has 0 aromatic carbocycles. The van der Waals surface area contributed by atoms with E-state index in [0.717, 1.165) is 12.8 Å². The van der Waals surface area contributed by atoms with E-state index in [-0.39, 0.29) is 11.6 Å². The molecule has 1 saturated carbocycles. The molecule has 0 N–H and O–H groups in total. The summed E-state index contributed by atoms with van der Waals surface area (Å²) in [6.45, 7) is 1.56. The van der Waals surface area contributed by atoms with Gasteiger partial charge in [0.1, 0.15) is 17.3 Å². The van der Waals surface area contributed by atoms with E-state index in [1.54, 1.807) is 0 Å². The van der Waals surface area contributed by atoms with E-state index < -0.39 is 16.4 Å². The van der Waals surface area contributed by atoms with Crippen LogP contribution in [0.5, 0.6) is 0 Å². The summed E-state index contributed by atoms with van der Waals surface area (Å²) in [4.78, 5) is 10.2. The number of anilines is 1. The van der Waals surface area contributed by atoms with Gasteiger partial charge >= 0.3 is 0 Å². The monoisotopic (exact) mass is 332 g/mol. The van der Waals surface area contributed by atoms with E-state index in [9.17, 15) is 17.2 Å². The highest BCUT2D eigenvalue weighted by Crippen LogP contribution is 2.39. The first kappa shape index (κ1) is 15.5. The molecule has 22 heavy (non-hydrogen) atoms. The van der Waals surface area contributed by atoms with Crippen LogP contribution in [0, 0.1) is 0 Å². The highest BCUT2D eigenvalue weighted by Gasteiger charge is 2.30. The first-order chi connectivity index (χ1) is 10.3. The molecule has 1 aliphatic carbocycles. The second-order valence-electron chi connectivity index (χ2n) is 5.73. The molecule has 0 spiro atoms. The first-order valence-electron chi connectivity index (χ1n) is 7.21. The molecule has 2 fully saturated rings. The standard InChI is InChI=1S/C13H18F2N4O2S/c1-22(20,21)19-6-4-18(5-7-19)11-8-10(12(14)15)16-13(17-11)9-2-3-9/h8-9,12H,2-7H2,1H3. The maximum Gasteiger partial charge on any atom is 0.280 e. The average molecular weight is 332 g/mol. The molecular weight excluding hydrogens is 314 g/mol. The number of hydrogen-bond donors (Lipinski definition) is 0. The lowest BCUT2D eigenvalue weighted by Crippen LogP contribution is -2.48. The molecule has 122 valence electrons. The Bertz CT molecular complexity index is 636. The van der Waals surface area contributed by atoms with Gasteiger partial charge in [0.05, 0.1) is 6.26 Å². The minimum atomic E-state index is -3.21. The van der Waals surface area contributed by atoms with Gasteiger partial charge in [0.15, 0.2) is 0 Å². The molecule has 9 heteroatoms. The maximum absolute atomic E-state index is 13.0. The largest absolute Gasteiger partial charge is 0.354 e. The number of halogens is 2. The predicted octanol–water partition coefficient (Wildman–Crippen LogP) is 1.37. The molecule has 3 rings (SSSR count). The van der Waals surface area contributed by atoms with E-state index in [0.29, 0.717) is 37.8 Å². The Hall–Kier alpha value is -1.35. The van der Waals surface area contributed by atoms with E-state index >= 15 is 0 Å². The summed E-state index contributed by atoms with van der Waals surface area (Å²) in [6, 6.07) is 1.31. The Kier molecular flexibility index (Phi) is 4.02. The van der Waals surface area contributed by atoms with Crippen LogP contribution < -0.4 is 4.90 Å². The summed E-state index contributed by atoms with van der Waals surface area (Å²) >= 11 is 0. The summed E-state index contributed by atoms with van der Waals surface area (Å²) in [6.07, 6.45) is 0.423. The number of hydrogen-bond acceptors (Lipinski definition) is 5. The van der Waals surface area contributed by atoms with Crippen molar-refractivity contribution in [1.82, 2.24) is 14.3 Å². The van der Waals surface area contributed by atoms with Crippen molar-refractivity contribution in [2.24, 2.45) is 0 Å². The summed E-state index contributed by atoms with van der Waals surface area (Å²) in [5, 5.41) is 0. The first-order valence-corrected chi connectivity index (χ1v) is 9.06. The van der Waals surface area contributed by atoms with Crippen molar-refractivity contribution in [1.29, 1.82) is 0 Å². The van der Waals surface area contributed by atoms with Gasteiger partial charge in [0.25, 0.3) is 6.43 Å². The Morgan fingerprint density at radius 3 is 2.32 bits per heavy atom. The van der Waals surface area contributed by atoms with E-state index in [2.05, 4.69) is 9.97 Å². The van der Waals surface area contributed by atoms with Crippen LogP contribution in [0.1, 0.15) is 36.7 Å². The lowest BCUT2D eigenvalue weighted by atomic mass is 10.3. The molecule has 6 nitrogen and oxygen atoms in total. The molecule has 2 heterocycles. The molecule has 0 bridgehead atoms. The Balaban J connectivity index is 1.80. The fourth-order valence-corrected chi connectivity index (χ4v) is 3.34. The normalized spacial score (nSPS) is 20.6. The van der Waals surface area contributed by atoms with Crippen LogP contribution >= 0.6 is 0 Å². The maximum atomic E-state index is 13.0. The van der Waals surface area contributed by atoms with Crippen molar-refractivity contribution < 1.29 is 17.2 Å². The highest BCUT2D eigenvalue weighted by molar-refractivity contribution is 7.88. The van der Waals surface area contributed by atoms with Gasteiger partial charge in [-0.25, -0.2) is 27.2 Å². The van der Waals surface area contributed by atoms with Gasteiger partial charge < -0.3 is 4.90 Å². The Labute approximate surface area is 128 Å². The van der Waals surface area contributed by atoms with Gasteiger partial charge in [0, 0.05) is 38.2 Å². The minimum Gasteiger partial charge on any atom is -0.354 e. The van der Waals surface area contributed by atoms with Crippen LogP contribution in [-0.4, -0.2) is 55.1 Å². The third kappa shape index (κ3) is 3.35. The van der Waals surface area contributed by atoms with E-state index in [1.165, 1.54) is 16.6 Å². The quantitative estimate of drug-likeness (QED) is 0.833. The summed E-state index contributed by atoms with van der Waals surface area (Å²) in [7, 11) is -3.21. The summed E-state index contributed by atoms with van der Waals surface area (Å²) in [5.74, 6) is 1.15. The number of nitrogens with zero attached hydrogens (tertiary/aromatic N) is 4. The van der Waals surface area contributed by atoms with Gasteiger partial charge in [-0.15, -0.1) is 0 Å². The van der Waals surface area contributed by atoms with Crippen molar-refractivity contribution in [3.8, 4) is 0 Å². The summed E-state index contributed by atoms with van der Waals surface area (Å²) < 4.78 is 50.4. The number of alkyl halides is 2. The van der Waals surface area contributed by atoms with Gasteiger partial charge in [-0.3, -0.25) is 0 Å². The second-order valence-corrected chi connectivity index (χ2v) is 7.72. The van der Waals surface area contributed by atoms with Crippen molar-refractivity contribution in [3.63, 3.8) is 0 Å². The molecule has 1 saturated heterocycles. The zero-order chi connectivity index (χ0) is 15.9. The third-order valence-electron chi connectivity index (χ3n) is 3.95. The molecular formula is C13H18F2N4O2S. The van der Waals surface area contributed by atoms with Crippen molar-refractivity contribution in [2.75, 3.05) is 37.3 Å². The van der Waals surface area contributed by atoms with Gasteiger partial charge in [-0.1, -0.05) is 0 Å². The van der Waals surface area contributed by atoms with Crippen molar-refractivity contribution >= 4 is 15.8 Å². The van der Waals surface area contributed by atoms with Gasteiger partial charge in [-0.2, -0.15) is 4.31 Å². The van der Waals surface area contributed by atoms with Crippen LogP contribution in [0.4, 0.5) is 14.6 Å². The number of rotatable bonds is 4. The number of sulfonamides is 1. The van der Waals surface area contributed by atoms with Crippen LogP contribution in [0.15, 0.2) is 6.07 Å². The average Bonchev–Trinajstić information content (AvgIpc) is 3.30. The lowest BCUT2D eigenvalue weighted by molar-refractivity contribution is 0.145. The molecule has 0 amide bonds. The van der Waals surface area contributed by atoms with Crippen LogP contribution in [0.3, 0.4) is 0 Å². The van der Waals surface area contributed by atoms with E-state index in [4.69, 9.17) is 0 Å². The minimum absolute atomic E-state index is 0.190. The predicted molar refractivity (Wildman–Crippen MR) is 77.6 cm³/mol. The zero-order valence-corrected chi connectivity index (χ0v) is 13.1. The van der Waals surface area contributed by atoms with Gasteiger partial charge in [-0.05, 0) is 12.8 Å². The SMILES string of the molecule is CS(=O)(=O)N1CCN(c2cc(C(F)F)nc(C3CC3)n2)CC1. The van der Waals surface area contributed by atoms with Crippen LogP contribution in [0.25, 0.3) is 0 Å². The Morgan fingerprint density at radius 1 is 1.18 bits per heavy atom. The van der Waals surface area contributed by atoms with Gasteiger partial charge in [0.2, 0.25) is 10.0 Å². The molecule has 2 aliphatic rings. The third-order valence-corrected chi connectivity index (χ3v) is 5.25. The topological polar surface area (TPSA) is 66.4 Å². The molecule has 1 aromatic rings. The summed E-state index contributed by atoms with van der Waals surface area (Å²) in [5.41, 5.74) is -0.252. The fraction of sp³-hybridized carbons (Fsp3) is 0.692. The van der Waals surface area contributed by atoms with Crippen LogP contribution in [-0.2, 0) is 10.0 Å². The smallest absolute Gasteiger partial charge is 0.280 e. The molecule has 0 unspecified atom stereocenters. The Morgan fingerprint density at radius 2 is 1.82 bits per heavy atom. The molecule has 1 aromatic heterocycles. The zero-order valence-electron chi connectivity index (χ0n) is 12.2. The molecule has 0 radical (unpaired) electrons. The van der Waals surface area contributed by atoms with E-state index in [1.807, 2.05) is 4.90 Å². The van der Waals surface area contributed by atoms with Crippen molar-refractivity contribution in [3.05, 3.63) is 17.6 Å². The fourth-order valence-electron chi connectivity index (χ4n) is 2.52. The number of piperazine rings is 1. The molecule has 1 aliphatic heterocycles. The number of aromatic nitrogens is 2.